The van der Waals surface area contributed by atoms with E-state index >= 15 is 0 Å². The molecule has 152 valence electrons. The number of hydrogen-bond donors (Lipinski definition) is 1. The second kappa shape index (κ2) is 7.45. The molecular weight excluding hydrogens is 418 g/mol. The van der Waals surface area contributed by atoms with Crippen LogP contribution in [0.15, 0.2) is 83.9 Å². The highest BCUT2D eigenvalue weighted by molar-refractivity contribution is 7.11. The summed E-state index contributed by atoms with van der Waals surface area (Å²) in [5.74, 6) is -3.41. The van der Waals surface area contributed by atoms with Crippen molar-refractivity contribution in [3.63, 3.8) is 0 Å². The molecule has 5 rings (SSSR count). The van der Waals surface area contributed by atoms with E-state index < -0.39 is 23.4 Å². The molecule has 3 aromatic carbocycles. The average molecular weight is 432 g/mol. The molecule has 0 bridgehead atoms. The number of fused-ring (bicyclic) bond motifs is 1. The zero-order valence-corrected chi connectivity index (χ0v) is 16.7. The van der Waals surface area contributed by atoms with Crippen molar-refractivity contribution in [2.24, 2.45) is 0 Å². The molecule has 0 aliphatic carbocycles. The van der Waals surface area contributed by atoms with Crippen LogP contribution >= 0.6 is 11.3 Å². The summed E-state index contributed by atoms with van der Waals surface area (Å²) >= 11 is 1.32. The highest BCUT2D eigenvalue weighted by Crippen LogP contribution is 2.37. The summed E-state index contributed by atoms with van der Waals surface area (Å²) in [7, 11) is 0. The summed E-state index contributed by atoms with van der Waals surface area (Å²) in [5.41, 5.74) is 0.916. The van der Waals surface area contributed by atoms with Crippen LogP contribution in [0.2, 0.25) is 0 Å². The number of rotatable bonds is 4. The minimum atomic E-state index is -1.13. The largest absolute Gasteiger partial charge is 0.350 e. The molecule has 2 heterocycles. The lowest BCUT2D eigenvalue weighted by atomic mass is 10.1. The predicted molar refractivity (Wildman–Crippen MR) is 118 cm³/mol. The van der Waals surface area contributed by atoms with Crippen LogP contribution in [0.1, 0.15) is 4.88 Å². The molecular formula is C24H14F2N2O2S. The van der Waals surface area contributed by atoms with Gasteiger partial charge in [-0.15, -0.1) is 11.3 Å². The Labute approximate surface area is 180 Å². The molecule has 1 aromatic heterocycles. The van der Waals surface area contributed by atoms with Gasteiger partial charge >= 0.3 is 0 Å². The van der Waals surface area contributed by atoms with Gasteiger partial charge in [0, 0.05) is 22.0 Å². The van der Waals surface area contributed by atoms with E-state index in [-0.39, 0.29) is 17.0 Å². The third-order valence-electron chi connectivity index (χ3n) is 5.06. The summed E-state index contributed by atoms with van der Waals surface area (Å²) in [6, 6.07) is 19.8. The van der Waals surface area contributed by atoms with Gasteiger partial charge in [-0.05, 0) is 35.0 Å². The lowest BCUT2D eigenvalue weighted by Crippen LogP contribution is -2.32. The van der Waals surface area contributed by atoms with Crippen LogP contribution in [0, 0.1) is 11.6 Å². The van der Waals surface area contributed by atoms with Crippen molar-refractivity contribution in [3.8, 4) is 0 Å². The standard InChI is InChI=1S/C24H14F2N2O2S/c25-17-11-10-15(13-18(17)26)28-23(29)21(20-9-4-12-31-20)22(24(28)30)27-19-8-3-6-14-5-1-2-7-16(14)19/h1-13,27H. The van der Waals surface area contributed by atoms with Gasteiger partial charge in [-0.3, -0.25) is 9.59 Å². The fourth-order valence-electron chi connectivity index (χ4n) is 3.62. The highest BCUT2D eigenvalue weighted by Gasteiger charge is 2.41. The number of anilines is 2. The third kappa shape index (κ3) is 3.19. The summed E-state index contributed by atoms with van der Waals surface area (Å²) in [6.45, 7) is 0. The molecule has 0 radical (unpaired) electrons. The molecule has 1 aliphatic heterocycles. The van der Waals surface area contributed by atoms with Crippen molar-refractivity contribution in [3.05, 3.63) is 100 Å². The van der Waals surface area contributed by atoms with Crippen LogP contribution in [0.5, 0.6) is 0 Å². The van der Waals surface area contributed by atoms with E-state index in [1.165, 1.54) is 17.4 Å². The predicted octanol–water partition coefficient (Wildman–Crippen LogP) is 5.58. The van der Waals surface area contributed by atoms with Gasteiger partial charge in [-0.25, -0.2) is 13.7 Å². The number of benzene rings is 3. The Morgan fingerprint density at radius 3 is 2.39 bits per heavy atom. The Balaban J connectivity index is 1.64. The second-order valence-corrected chi connectivity index (χ2v) is 7.87. The molecule has 0 atom stereocenters. The molecule has 0 saturated heterocycles. The van der Waals surface area contributed by atoms with Crippen molar-refractivity contribution in [2.75, 3.05) is 10.2 Å². The zero-order valence-electron chi connectivity index (χ0n) is 15.9. The van der Waals surface area contributed by atoms with Crippen molar-refractivity contribution in [1.82, 2.24) is 0 Å². The lowest BCUT2D eigenvalue weighted by molar-refractivity contribution is -0.120. The van der Waals surface area contributed by atoms with Crippen LogP contribution in [-0.4, -0.2) is 11.8 Å². The minimum Gasteiger partial charge on any atom is -0.350 e. The lowest BCUT2D eigenvalue weighted by Gasteiger charge is -2.16. The van der Waals surface area contributed by atoms with Crippen LogP contribution in [-0.2, 0) is 9.59 Å². The van der Waals surface area contributed by atoms with Crippen molar-refractivity contribution in [1.29, 1.82) is 0 Å². The molecule has 0 unspecified atom stereocenters. The van der Waals surface area contributed by atoms with E-state index in [1.807, 2.05) is 42.5 Å². The Bertz CT molecular complexity index is 1370. The SMILES string of the molecule is O=C1C(Nc2cccc3ccccc23)=C(c2cccs2)C(=O)N1c1ccc(F)c(F)c1. The number of amides is 2. The van der Waals surface area contributed by atoms with Gasteiger partial charge in [-0.2, -0.15) is 0 Å². The van der Waals surface area contributed by atoms with Crippen LogP contribution in [0.3, 0.4) is 0 Å². The zero-order chi connectivity index (χ0) is 21.5. The Morgan fingerprint density at radius 2 is 1.61 bits per heavy atom. The first-order valence-corrected chi connectivity index (χ1v) is 10.3. The van der Waals surface area contributed by atoms with Crippen LogP contribution in [0.4, 0.5) is 20.2 Å². The Kier molecular flexibility index (Phi) is 4.60. The molecule has 0 fully saturated rings. The number of nitrogens with zero attached hydrogens (tertiary/aromatic N) is 1. The van der Waals surface area contributed by atoms with Crippen molar-refractivity contribution >= 4 is 50.9 Å². The van der Waals surface area contributed by atoms with Gasteiger partial charge < -0.3 is 5.32 Å². The first kappa shape index (κ1) is 19.1. The van der Waals surface area contributed by atoms with Crippen molar-refractivity contribution in [2.45, 2.75) is 0 Å². The van der Waals surface area contributed by atoms with E-state index in [2.05, 4.69) is 5.32 Å². The molecule has 1 aliphatic rings. The fourth-order valence-corrected chi connectivity index (χ4v) is 4.39. The number of imide groups is 1. The first-order valence-electron chi connectivity index (χ1n) is 9.41. The molecule has 0 spiro atoms. The molecule has 1 N–H and O–H groups in total. The number of thiophene rings is 1. The molecule has 4 nitrogen and oxygen atoms in total. The van der Waals surface area contributed by atoms with Gasteiger partial charge in [0.05, 0.1) is 11.3 Å². The molecule has 0 saturated carbocycles. The van der Waals surface area contributed by atoms with E-state index in [9.17, 15) is 18.4 Å². The van der Waals surface area contributed by atoms with Gasteiger partial charge in [0.1, 0.15) is 5.70 Å². The smallest absolute Gasteiger partial charge is 0.282 e. The summed E-state index contributed by atoms with van der Waals surface area (Å²) in [5, 5.41) is 6.79. The van der Waals surface area contributed by atoms with E-state index in [1.54, 1.807) is 17.5 Å². The van der Waals surface area contributed by atoms with Crippen molar-refractivity contribution < 1.29 is 18.4 Å². The third-order valence-corrected chi connectivity index (χ3v) is 5.95. The number of carbonyl (C=O) groups excluding carboxylic acids is 2. The van der Waals surface area contributed by atoms with Crippen LogP contribution in [0.25, 0.3) is 16.3 Å². The quantitative estimate of drug-likeness (QED) is 0.429. The number of halogens is 2. The van der Waals surface area contributed by atoms with Gasteiger partial charge in [0.25, 0.3) is 11.8 Å². The van der Waals surface area contributed by atoms with E-state index in [4.69, 9.17) is 0 Å². The summed E-state index contributed by atoms with van der Waals surface area (Å²) in [6.07, 6.45) is 0. The molecule has 2 amide bonds. The Hall–Kier alpha value is -3.84. The highest BCUT2D eigenvalue weighted by atomic mass is 32.1. The van der Waals surface area contributed by atoms with Gasteiger partial charge in [-0.1, -0.05) is 42.5 Å². The number of nitrogens with one attached hydrogen (secondary N) is 1. The van der Waals surface area contributed by atoms with E-state index in [0.717, 1.165) is 27.8 Å². The summed E-state index contributed by atoms with van der Waals surface area (Å²) < 4.78 is 27.2. The van der Waals surface area contributed by atoms with Gasteiger partial charge in [0.2, 0.25) is 0 Å². The molecule has 4 aromatic rings. The van der Waals surface area contributed by atoms with E-state index in [0.29, 0.717) is 10.6 Å². The minimum absolute atomic E-state index is 0.0299. The monoisotopic (exact) mass is 432 g/mol. The average Bonchev–Trinajstić information content (AvgIpc) is 3.37. The maximum absolute atomic E-state index is 13.8. The molecule has 7 heteroatoms. The normalized spacial score (nSPS) is 14.1. The molecule has 31 heavy (non-hydrogen) atoms. The first-order chi connectivity index (χ1) is 15.0. The van der Waals surface area contributed by atoms with Gasteiger partial charge in [0.15, 0.2) is 11.6 Å². The number of carbonyl (C=O) groups is 2. The maximum atomic E-state index is 13.8. The number of hydrogen-bond acceptors (Lipinski definition) is 4. The summed E-state index contributed by atoms with van der Waals surface area (Å²) in [4.78, 5) is 28.1. The second-order valence-electron chi connectivity index (χ2n) is 6.92. The Morgan fingerprint density at radius 1 is 0.806 bits per heavy atom. The van der Waals surface area contributed by atoms with Crippen LogP contribution < -0.4 is 10.2 Å². The maximum Gasteiger partial charge on any atom is 0.282 e. The topological polar surface area (TPSA) is 49.4 Å². The fraction of sp³-hybridized carbons (Fsp3) is 0.